The zero-order chi connectivity index (χ0) is 13.8. The van der Waals surface area contributed by atoms with Gasteiger partial charge in [-0.2, -0.15) is 0 Å². The zero-order valence-electron chi connectivity index (χ0n) is 8.65. The third-order valence-electron chi connectivity index (χ3n) is 2.56. The summed E-state index contributed by atoms with van der Waals surface area (Å²) in [5.74, 6) is 0. The summed E-state index contributed by atoms with van der Waals surface area (Å²) < 4.78 is 0. The van der Waals surface area contributed by atoms with Gasteiger partial charge in [-0.1, -0.05) is 81.2 Å². The lowest BCUT2D eigenvalue weighted by atomic mass is 10.1. The van der Waals surface area contributed by atoms with Crippen LogP contribution in [-0.4, -0.2) is 0 Å². The predicted octanol–water partition coefficient (Wildman–Crippen LogP) is 7.72. The van der Waals surface area contributed by atoms with Crippen molar-refractivity contribution in [3.63, 3.8) is 0 Å². The van der Waals surface area contributed by atoms with Crippen LogP contribution in [0.25, 0.3) is 10.8 Å². The van der Waals surface area contributed by atoms with Gasteiger partial charge in [0.15, 0.2) is 0 Å². The molecule has 0 radical (unpaired) electrons. The second-order valence-electron chi connectivity index (χ2n) is 3.57. The molecular formula is C11H3Cl7. The average Bonchev–Trinajstić information content (AvgIpc) is 2.35. The standard InChI is InChI=1S/C11H3Cl7/c1-2-5(12)3-4(7(14)6(2)13)9(16)11(18)10(17)8(3)15/h1H3. The van der Waals surface area contributed by atoms with Crippen LogP contribution < -0.4 is 0 Å². The lowest BCUT2D eigenvalue weighted by Crippen LogP contribution is -1.89. The molecule has 0 atom stereocenters. The molecule has 18 heavy (non-hydrogen) atoms. The molecule has 2 aromatic rings. The average molecular weight is 383 g/mol. The van der Waals surface area contributed by atoms with E-state index in [-0.39, 0.29) is 25.1 Å². The first kappa shape index (κ1) is 15.1. The molecule has 0 saturated heterocycles. The van der Waals surface area contributed by atoms with Gasteiger partial charge in [0.25, 0.3) is 0 Å². The molecule has 0 N–H and O–H groups in total. The molecule has 0 fully saturated rings. The van der Waals surface area contributed by atoms with Gasteiger partial charge >= 0.3 is 0 Å². The molecule has 0 aromatic heterocycles. The normalized spacial score (nSPS) is 11.3. The molecule has 0 aliphatic rings. The second-order valence-corrected chi connectivity index (χ2v) is 6.22. The third-order valence-corrected chi connectivity index (χ3v) is 5.78. The molecule has 0 saturated carbocycles. The van der Waals surface area contributed by atoms with Gasteiger partial charge < -0.3 is 0 Å². The van der Waals surface area contributed by atoms with Gasteiger partial charge in [0.2, 0.25) is 0 Å². The molecule has 0 amide bonds. The fourth-order valence-corrected chi connectivity index (χ4v) is 3.59. The molecule has 2 rings (SSSR count). The largest absolute Gasteiger partial charge is 0.0833 e. The summed E-state index contributed by atoms with van der Waals surface area (Å²) in [7, 11) is 0. The Bertz CT molecular complexity index is 562. The summed E-state index contributed by atoms with van der Waals surface area (Å²) >= 11 is 42.7. The molecule has 0 unspecified atom stereocenters. The van der Waals surface area contributed by atoms with E-state index in [1.807, 2.05) is 0 Å². The number of fused-ring (bicyclic) bond motifs is 1. The van der Waals surface area contributed by atoms with Crippen molar-refractivity contribution in [3.05, 3.63) is 40.7 Å². The fourth-order valence-electron chi connectivity index (χ4n) is 1.60. The minimum absolute atomic E-state index is 0.119. The van der Waals surface area contributed by atoms with Crippen molar-refractivity contribution in [1.29, 1.82) is 0 Å². The van der Waals surface area contributed by atoms with Gasteiger partial charge in [-0.25, -0.2) is 0 Å². The molecule has 96 valence electrons. The van der Waals surface area contributed by atoms with Crippen LogP contribution in [0.4, 0.5) is 0 Å². The van der Waals surface area contributed by atoms with Crippen molar-refractivity contribution >= 4 is 92.0 Å². The van der Waals surface area contributed by atoms with Gasteiger partial charge in [0.1, 0.15) is 0 Å². The number of halogens is 7. The Kier molecular flexibility index (Phi) is 4.42. The SMILES string of the molecule is Cc1c(Cl)c(Cl)c2c(Cl)c(Cl)c(Cl)c(Cl)c2c1Cl. The van der Waals surface area contributed by atoms with Gasteiger partial charge in [-0.3, -0.25) is 0 Å². The third kappa shape index (κ3) is 2.07. The van der Waals surface area contributed by atoms with Crippen LogP contribution in [0, 0.1) is 6.92 Å². The van der Waals surface area contributed by atoms with Crippen LogP contribution in [0.2, 0.25) is 35.2 Å². The van der Waals surface area contributed by atoms with E-state index in [0.29, 0.717) is 26.4 Å². The van der Waals surface area contributed by atoms with Crippen molar-refractivity contribution in [2.24, 2.45) is 0 Å². The van der Waals surface area contributed by atoms with E-state index in [4.69, 9.17) is 81.2 Å². The van der Waals surface area contributed by atoms with E-state index in [2.05, 4.69) is 0 Å². The highest BCUT2D eigenvalue weighted by atomic mass is 35.5. The summed E-state index contributed by atoms with van der Waals surface area (Å²) in [5, 5.41) is 2.39. The number of benzene rings is 2. The summed E-state index contributed by atoms with van der Waals surface area (Å²) in [6.07, 6.45) is 0. The Balaban J connectivity index is 3.22. The minimum atomic E-state index is 0.119. The highest BCUT2D eigenvalue weighted by molar-refractivity contribution is 6.59. The Labute approximate surface area is 139 Å². The fraction of sp³-hybridized carbons (Fsp3) is 0.0909. The monoisotopic (exact) mass is 380 g/mol. The molecular weight excluding hydrogens is 380 g/mol. The first-order valence-corrected chi connectivity index (χ1v) is 7.22. The van der Waals surface area contributed by atoms with Crippen molar-refractivity contribution in [2.75, 3.05) is 0 Å². The summed E-state index contributed by atoms with van der Waals surface area (Å²) in [6, 6.07) is 0. The minimum Gasteiger partial charge on any atom is -0.0833 e. The van der Waals surface area contributed by atoms with Crippen LogP contribution in [0.3, 0.4) is 0 Å². The van der Waals surface area contributed by atoms with Gasteiger partial charge in [0.05, 0.1) is 35.2 Å². The molecule has 0 aliphatic heterocycles. The Morgan fingerprint density at radius 2 is 0.778 bits per heavy atom. The second kappa shape index (κ2) is 5.26. The highest BCUT2D eigenvalue weighted by Crippen LogP contribution is 2.50. The Morgan fingerprint density at radius 1 is 0.444 bits per heavy atom. The van der Waals surface area contributed by atoms with E-state index in [1.165, 1.54) is 0 Å². The van der Waals surface area contributed by atoms with Crippen molar-refractivity contribution in [2.45, 2.75) is 6.92 Å². The first-order chi connectivity index (χ1) is 8.29. The van der Waals surface area contributed by atoms with Crippen molar-refractivity contribution < 1.29 is 0 Å². The molecule has 0 heterocycles. The lowest BCUT2D eigenvalue weighted by molar-refractivity contribution is 1.50. The van der Waals surface area contributed by atoms with Crippen LogP contribution in [0.15, 0.2) is 0 Å². The van der Waals surface area contributed by atoms with Crippen LogP contribution >= 0.6 is 81.2 Å². The first-order valence-electron chi connectivity index (χ1n) is 4.57. The summed E-state index contributed by atoms with van der Waals surface area (Å²) in [4.78, 5) is 0. The number of hydrogen-bond acceptors (Lipinski definition) is 0. The molecule has 0 spiro atoms. The summed E-state index contributed by atoms with van der Waals surface area (Å²) in [6.45, 7) is 1.72. The smallest absolute Gasteiger partial charge is 0.0800 e. The predicted molar refractivity (Wildman–Crippen MR) is 83.8 cm³/mol. The van der Waals surface area contributed by atoms with Crippen LogP contribution in [0.1, 0.15) is 5.56 Å². The van der Waals surface area contributed by atoms with E-state index in [9.17, 15) is 0 Å². The van der Waals surface area contributed by atoms with Crippen molar-refractivity contribution in [3.8, 4) is 0 Å². The molecule has 7 heteroatoms. The Morgan fingerprint density at radius 3 is 1.22 bits per heavy atom. The van der Waals surface area contributed by atoms with E-state index < -0.39 is 0 Å². The van der Waals surface area contributed by atoms with E-state index >= 15 is 0 Å². The quantitative estimate of drug-likeness (QED) is 0.323. The Hall–Kier alpha value is 0.730. The highest BCUT2D eigenvalue weighted by Gasteiger charge is 2.22. The van der Waals surface area contributed by atoms with Gasteiger partial charge in [-0.05, 0) is 12.5 Å². The van der Waals surface area contributed by atoms with Crippen LogP contribution in [0.5, 0.6) is 0 Å². The topological polar surface area (TPSA) is 0 Å². The van der Waals surface area contributed by atoms with Gasteiger partial charge in [0, 0.05) is 10.8 Å². The molecule has 0 nitrogen and oxygen atoms in total. The maximum Gasteiger partial charge on any atom is 0.0800 e. The van der Waals surface area contributed by atoms with E-state index in [0.717, 1.165) is 0 Å². The maximum absolute atomic E-state index is 6.22. The van der Waals surface area contributed by atoms with Gasteiger partial charge in [-0.15, -0.1) is 0 Å². The molecule has 2 aromatic carbocycles. The lowest BCUT2D eigenvalue weighted by Gasteiger charge is -2.14. The van der Waals surface area contributed by atoms with Crippen LogP contribution in [-0.2, 0) is 0 Å². The zero-order valence-corrected chi connectivity index (χ0v) is 13.9. The molecule has 0 aliphatic carbocycles. The van der Waals surface area contributed by atoms with E-state index in [1.54, 1.807) is 6.92 Å². The summed E-state index contributed by atoms with van der Waals surface area (Å²) in [5.41, 5.74) is 0.604. The number of rotatable bonds is 0. The van der Waals surface area contributed by atoms with Crippen molar-refractivity contribution in [1.82, 2.24) is 0 Å². The maximum atomic E-state index is 6.22. The molecule has 0 bridgehead atoms. The number of hydrogen-bond donors (Lipinski definition) is 0.